The lowest BCUT2D eigenvalue weighted by Crippen LogP contribution is -2.38. The highest BCUT2D eigenvalue weighted by atomic mass is 35.5. The summed E-state index contributed by atoms with van der Waals surface area (Å²) in [5, 5.41) is 0.569. The molecule has 2 aromatic carbocycles. The Bertz CT molecular complexity index is 744. The zero-order valence-corrected chi connectivity index (χ0v) is 14.4. The Hall–Kier alpha value is -2.33. The lowest BCUT2D eigenvalue weighted by atomic mass is 10.0. The van der Waals surface area contributed by atoms with Gasteiger partial charge in [-0.3, -0.25) is 4.79 Å². The molecule has 0 bridgehead atoms. The molecule has 124 valence electrons. The van der Waals surface area contributed by atoms with E-state index < -0.39 is 6.04 Å². The largest absolute Gasteiger partial charge is 0.332 e. The van der Waals surface area contributed by atoms with Crippen LogP contribution in [-0.4, -0.2) is 22.9 Å². The van der Waals surface area contributed by atoms with Gasteiger partial charge in [0.15, 0.2) is 0 Å². The van der Waals surface area contributed by atoms with Crippen LogP contribution in [0.25, 0.3) is 0 Å². The van der Waals surface area contributed by atoms with Crippen molar-refractivity contribution in [1.29, 1.82) is 0 Å². The molecule has 1 fully saturated rings. The minimum absolute atomic E-state index is 0.0301. The molecule has 1 atom stereocenters. The summed E-state index contributed by atoms with van der Waals surface area (Å²) in [5.74, 6) is -0.157. The standard InChI is InChI=1S/C19H19ClN2O2/c1-13(2)17-18(23)22(16-10-8-15(20)9-11-16)19(24)21(17)12-14-6-4-3-5-7-14/h3-11,13,17H,12H2,1-2H3/t17-/m1/s1. The van der Waals surface area contributed by atoms with Crippen molar-refractivity contribution in [3.8, 4) is 0 Å². The maximum Gasteiger partial charge on any atom is 0.332 e. The molecule has 2 aromatic rings. The zero-order chi connectivity index (χ0) is 17.3. The van der Waals surface area contributed by atoms with Crippen molar-refractivity contribution in [3.63, 3.8) is 0 Å². The molecular weight excluding hydrogens is 324 g/mol. The molecular formula is C19H19ClN2O2. The molecule has 0 spiro atoms. The van der Waals surface area contributed by atoms with Gasteiger partial charge in [0.1, 0.15) is 6.04 Å². The van der Waals surface area contributed by atoms with E-state index in [0.717, 1.165) is 5.56 Å². The number of carbonyl (C=O) groups excluding carboxylic acids is 2. The monoisotopic (exact) mass is 342 g/mol. The Labute approximate surface area is 146 Å². The molecule has 5 heteroatoms. The van der Waals surface area contributed by atoms with Crippen LogP contribution in [0.15, 0.2) is 54.6 Å². The normalized spacial score (nSPS) is 17.9. The van der Waals surface area contributed by atoms with Gasteiger partial charge >= 0.3 is 6.03 Å². The number of hydrogen-bond donors (Lipinski definition) is 0. The first-order chi connectivity index (χ1) is 11.5. The van der Waals surface area contributed by atoms with Crippen molar-refractivity contribution in [1.82, 2.24) is 4.90 Å². The van der Waals surface area contributed by atoms with Crippen molar-refractivity contribution in [2.45, 2.75) is 26.4 Å². The van der Waals surface area contributed by atoms with Gasteiger partial charge in [0, 0.05) is 11.6 Å². The second-order valence-corrected chi connectivity index (χ2v) is 6.67. The van der Waals surface area contributed by atoms with Gasteiger partial charge in [0.05, 0.1) is 5.69 Å². The van der Waals surface area contributed by atoms with E-state index in [1.165, 1.54) is 4.90 Å². The van der Waals surface area contributed by atoms with Gasteiger partial charge in [0.25, 0.3) is 5.91 Å². The maximum absolute atomic E-state index is 12.9. The number of rotatable bonds is 4. The quantitative estimate of drug-likeness (QED) is 0.776. The molecule has 1 aliphatic heterocycles. The van der Waals surface area contributed by atoms with E-state index in [2.05, 4.69) is 0 Å². The SMILES string of the molecule is CC(C)[C@@H]1C(=O)N(c2ccc(Cl)cc2)C(=O)N1Cc1ccccc1. The predicted molar refractivity (Wildman–Crippen MR) is 94.9 cm³/mol. The fourth-order valence-electron chi connectivity index (χ4n) is 3.03. The van der Waals surface area contributed by atoms with Gasteiger partial charge in [-0.1, -0.05) is 55.8 Å². The Balaban J connectivity index is 1.94. The van der Waals surface area contributed by atoms with Crippen LogP contribution in [0.4, 0.5) is 10.5 Å². The molecule has 3 amide bonds. The fraction of sp³-hybridized carbons (Fsp3) is 0.263. The third kappa shape index (κ3) is 3.02. The van der Waals surface area contributed by atoms with Crippen molar-refractivity contribution >= 4 is 29.2 Å². The average molecular weight is 343 g/mol. The number of imide groups is 1. The number of carbonyl (C=O) groups is 2. The zero-order valence-electron chi connectivity index (χ0n) is 13.6. The van der Waals surface area contributed by atoms with E-state index in [9.17, 15) is 9.59 Å². The minimum Gasteiger partial charge on any atom is -0.307 e. The molecule has 1 heterocycles. The third-order valence-electron chi connectivity index (χ3n) is 4.16. The van der Waals surface area contributed by atoms with E-state index in [1.54, 1.807) is 29.2 Å². The van der Waals surface area contributed by atoms with Gasteiger partial charge in [0.2, 0.25) is 0 Å². The van der Waals surface area contributed by atoms with Crippen molar-refractivity contribution in [3.05, 3.63) is 65.2 Å². The predicted octanol–water partition coefficient (Wildman–Crippen LogP) is 4.33. The Kier molecular flexibility index (Phi) is 4.58. The fourth-order valence-corrected chi connectivity index (χ4v) is 3.15. The van der Waals surface area contributed by atoms with Crippen LogP contribution in [0.1, 0.15) is 19.4 Å². The minimum atomic E-state index is -0.464. The first kappa shape index (κ1) is 16.5. The topological polar surface area (TPSA) is 40.6 Å². The molecule has 0 aromatic heterocycles. The van der Waals surface area contributed by atoms with Gasteiger partial charge < -0.3 is 4.90 Å². The molecule has 24 heavy (non-hydrogen) atoms. The second-order valence-electron chi connectivity index (χ2n) is 6.23. The number of amides is 3. The highest BCUT2D eigenvalue weighted by Gasteiger charge is 2.47. The van der Waals surface area contributed by atoms with E-state index in [1.807, 2.05) is 44.2 Å². The number of urea groups is 1. The van der Waals surface area contributed by atoms with E-state index >= 15 is 0 Å². The summed E-state index contributed by atoms with van der Waals surface area (Å²) < 4.78 is 0. The molecule has 0 saturated carbocycles. The molecule has 3 rings (SSSR count). The second kappa shape index (κ2) is 6.65. The number of benzene rings is 2. The lowest BCUT2D eigenvalue weighted by Gasteiger charge is -2.24. The maximum atomic E-state index is 12.9. The molecule has 0 unspecified atom stereocenters. The number of hydrogen-bond acceptors (Lipinski definition) is 2. The van der Waals surface area contributed by atoms with Gasteiger partial charge in [-0.2, -0.15) is 0 Å². The van der Waals surface area contributed by atoms with Crippen LogP contribution in [-0.2, 0) is 11.3 Å². The van der Waals surface area contributed by atoms with Crippen LogP contribution in [0, 0.1) is 5.92 Å². The lowest BCUT2D eigenvalue weighted by molar-refractivity contribution is -0.120. The van der Waals surface area contributed by atoms with Crippen LogP contribution in [0.2, 0.25) is 5.02 Å². The molecule has 0 N–H and O–H groups in total. The molecule has 4 nitrogen and oxygen atoms in total. The van der Waals surface area contributed by atoms with Crippen molar-refractivity contribution in [2.24, 2.45) is 5.92 Å². The number of nitrogens with zero attached hydrogens (tertiary/aromatic N) is 2. The summed E-state index contributed by atoms with van der Waals surface area (Å²) in [4.78, 5) is 28.7. The summed E-state index contributed by atoms with van der Waals surface area (Å²) in [6, 6.07) is 15.7. The van der Waals surface area contributed by atoms with Crippen molar-refractivity contribution < 1.29 is 9.59 Å². The first-order valence-corrected chi connectivity index (χ1v) is 8.31. The average Bonchev–Trinajstić information content (AvgIpc) is 2.80. The van der Waals surface area contributed by atoms with Gasteiger partial charge in [-0.05, 0) is 35.7 Å². The summed E-state index contributed by atoms with van der Waals surface area (Å²) in [7, 11) is 0. The van der Waals surface area contributed by atoms with Crippen molar-refractivity contribution in [2.75, 3.05) is 4.90 Å². The van der Waals surface area contributed by atoms with Gasteiger partial charge in [-0.15, -0.1) is 0 Å². The summed E-state index contributed by atoms with van der Waals surface area (Å²) in [5.41, 5.74) is 1.55. The Morgan fingerprint density at radius 3 is 2.21 bits per heavy atom. The summed E-state index contributed by atoms with van der Waals surface area (Å²) in [6.07, 6.45) is 0. The number of halogens is 1. The van der Waals surface area contributed by atoms with Crippen LogP contribution in [0.5, 0.6) is 0 Å². The summed E-state index contributed by atoms with van der Waals surface area (Å²) >= 11 is 5.91. The Morgan fingerprint density at radius 1 is 1.00 bits per heavy atom. The molecule has 1 saturated heterocycles. The smallest absolute Gasteiger partial charge is 0.307 e. The van der Waals surface area contributed by atoms with Gasteiger partial charge in [-0.25, -0.2) is 9.69 Å². The van der Waals surface area contributed by atoms with E-state index in [-0.39, 0.29) is 17.9 Å². The highest BCUT2D eigenvalue weighted by molar-refractivity contribution is 6.30. The Morgan fingerprint density at radius 2 is 1.62 bits per heavy atom. The van der Waals surface area contributed by atoms with E-state index in [4.69, 9.17) is 11.6 Å². The first-order valence-electron chi connectivity index (χ1n) is 7.93. The van der Waals surface area contributed by atoms with E-state index in [0.29, 0.717) is 17.3 Å². The van der Waals surface area contributed by atoms with Crippen LogP contribution in [0.3, 0.4) is 0 Å². The van der Waals surface area contributed by atoms with Crippen LogP contribution >= 0.6 is 11.6 Å². The number of anilines is 1. The summed E-state index contributed by atoms with van der Waals surface area (Å²) in [6.45, 7) is 4.33. The molecule has 1 aliphatic rings. The highest BCUT2D eigenvalue weighted by Crippen LogP contribution is 2.30. The molecule has 0 radical (unpaired) electrons. The van der Waals surface area contributed by atoms with Crippen LogP contribution < -0.4 is 4.90 Å². The third-order valence-corrected chi connectivity index (χ3v) is 4.41. The molecule has 0 aliphatic carbocycles.